The number of phenols is 1. The Morgan fingerprint density at radius 3 is 2.62 bits per heavy atom. The van der Waals surface area contributed by atoms with Gasteiger partial charge in [-0.15, -0.1) is 0 Å². The molecule has 0 spiro atoms. The van der Waals surface area contributed by atoms with Gasteiger partial charge in [-0.05, 0) is 17.7 Å². The molecule has 1 N–H and O–H groups in total. The van der Waals surface area contributed by atoms with Crippen LogP contribution < -0.4 is 0 Å². The molecule has 0 saturated carbocycles. The molecule has 0 aliphatic rings. The van der Waals surface area contributed by atoms with Gasteiger partial charge in [0.05, 0.1) is 13.5 Å². The molecule has 84 valence electrons. The molecule has 0 aromatic heterocycles. The number of ether oxygens (including phenoxy) is 1. The number of rotatable bonds is 3. The van der Waals surface area contributed by atoms with E-state index in [9.17, 15) is 4.79 Å². The fourth-order valence-electron chi connectivity index (χ4n) is 1.35. The van der Waals surface area contributed by atoms with Crippen molar-refractivity contribution in [2.24, 2.45) is 0 Å². The maximum Gasteiger partial charge on any atom is 0.307 e. The predicted molar refractivity (Wildman–Crippen MR) is 60.7 cm³/mol. The molecular formula is C12H14NO3+. The second kappa shape index (κ2) is 5.76. The van der Waals surface area contributed by atoms with E-state index in [0.29, 0.717) is 0 Å². The number of hydrogen-bond acceptors (Lipinski definition) is 3. The minimum atomic E-state index is -0.311. The van der Waals surface area contributed by atoms with Crippen molar-refractivity contribution in [1.29, 1.82) is 0 Å². The zero-order valence-electron chi connectivity index (χ0n) is 9.30. The van der Waals surface area contributed by atoms with Crippen molar-refractivity contribution in [2.75, 3.05) is 14.2 Å². The van der Waals surface area contributed by atoms with E-state index in [1.807, 2.05) is 0 Å². The lowest BCUT2D eigenvalue weighted by Gasteiger charge is -2.05. The molecule has 0 saturated heterocycles. The lowest BCUT2D eigenvalue weighted by molar-refractivity contribution is -0.140. The van der Waals surface area contributed by atoms with Crippen molar-refractivity contribution in [3.8, 4) is 11.8 Å². The van der Waals surface area contributed by atoms with Crippen LogP contribution in [0.5, 0.6) is 5.75 Å². The Balaban J connectivity index is 2.88. The molecule has 4 nitrogen and oxygen atoms in total. The van der Waals surface area contributed by atoms with Gasteiger partial charge >= 0.3 is 5.97 Å². The molecule has 1 atom stereocenters. The molecule has 1 unspecified atom stereocenters. The SMILES string of the molecule is C[N+]#CC(CC(=O)OC)c1ccc(O)cc1. The first-order valence-corrected chi connectivity index (χ1v) is 4.87. The minimum absolute atomic E-state index is 0.189. The summed E-state index contributed by atoms with van der Waals surface area (Å²) in [5.74, 6) is -0.360. The zero-order chi connectivity index (χ0) is 12.0. The lowest BCUT2D eigenvalue weighted by atomic mass is 9.97. The highest BCUT2D eigenvalue weighted by molar-refractivity contribution is 5.71. The van der Waals surface area contributed by atoms with Gasteiger partial charge in [0.15, 0.2) is 0 Å². The summed E-state index contributed by atoms with van der Waals surface area (Å²) in [5.41, 5.74) is 0.869. The van der Waals surface area contributed by atoms with E-state index >= 15 is 0 Å². The Morgan fingerprint density at radius 2 is 2.12 bits per heavy atom. The van der Waals surface area contributed by atoms with Gasteiger partial charge in [-0.1, -0.05) is 17.0 Å². The summed E-state index contributed by atoms with van der Waals surface area (Å²) in [7, 11) is 2.95. The Hall–Kier alpha value is -2.02. The third-order valence-corrected chi connectivity index (χ3v) is 2.18. The number of methoxy groups -OCH3 is 1. The summed E-state index contributed by atoms with van der Waals surface area (Å²) >= 11 is 0. The van der Waals surface area contributed by atoms with Gasteiger partial charge in [0.1, 0.15) is 11.7 Å². The zero-order valence-corrected chi connectivity index (χ0v) is 9.30. The van der Waals surface area contributed by atoms with Crippen LogP contribution in [0.3, 0.4) is 0 Å². The number of phenolic OH excluding ortho intramolecular Hbond substituents is 1. The van der Waals surface area contributed by atoms with Crippen LogP contribution in [-0.2, 0) is 9.53 Å². The molecule has 1 rings (SSSR count). The average Bonchev–Trinajstić information content (AvgIpc) is 2.29. The van der Waals surface area contributed by atoms with E-state index in [1.54, 1.807) is 31.3 Å². The second-order valence-corrected chi connectivity index (χ2v) is 3.28. The first-order valence-electron chi connectivity index (χ1n) is 4.87. The molecule has 16 heavy (non-hydrogen) atoms. The second-order valence-electron chi connectivity index (χ2n) is 3.28. The first kappa shape index (κ1) is 12.1. The van der Waals surface area contributed by atoms with Gasteiger partial charge in [0.25, 0.3) is 13.1 Å². The van der Waals surface area contributed by atoms with Crippen LogP contribution in [0.1, 0.15) is 17.9 Å². The van der Waals surface area contributed by atoms with E-state index in [1.165, 1.54) is 7.11 Å². The highest BCUT2D eigenvalue weighted by Crippen LogP contribution is 2.21. The summed E-state index contributed by atoms with van der Waals surface area (Å²) in [5, 5.41) is 9.16. The highest BCUT2D eigenvalue weighted by atomic mass is 16.5. The summed E-state index contributed by atoms with van der Waals surface area (Å²) < 4.78 is 4.60. The average molecular weight is 220 g/mol. The van der Waals surface area contributed by atoms with Crippen LogP contribution in [0.4, 0.5) is 0 Å². The largest absolute Gasteiger partial charge is 0.508 e. The van der Waals surface area contributed by atoms with Gasteiger partial charge in [-0.3, -0.25) is 4.79 Å². The number of benzene rings is 1. The van der Waals surface area contributed by atoms with Gasteiger partial charge in [-0.25, -0.2) is 0 Å². The molecule has 0 aliphatic carbocycles. The first-order chi connectivity index (χ1) is 7.67. The van der Waals surface area contributed by atoms with E-state index in [0.717, 1.165) is 5.56 Å². The van der Waals surface area contributed by atoms with E-state index in [-0.39, 0.29) is 24.1 Å². The fraction of sp³-hybridized carbons (Fsp3) is 0.333. The van der Waals surface area contributed by atoms with Crippen molar-refractivity contribution in [3.05, 3.63) is 34.7 Å². The molecular weight excluding hydrogens is 206 g/mol. The van der Waals surface area contributed by atoms with E-state index in [2.05, 4.69) is 15.7 Å². The Morgan fingerprint density at radius 1 is 1.50 bits per heavy atom. The van der Waals surface area contributed by atoms with Crippen LogP contribution in [0.2, 0.25) is 0 Å². The standard InChI is InChI=1S/C12H13NO3/c1-13-8-10(7-12(15)16-2)9-3-5-11(14)6-4-9/h3-6,10H,7H2,1-2H3/p+1. The molecule has 4 heteroatoms. The summed E-state index contributed by atoms with van der Waals surface area (Å²) in [6.45, 7) is 0. The van der Waals surface area contributed by atoms with Gasteiger partial charge in [0, 0.05) is 0 Å². The molecule has 0 amide bonds. The highest BCUT2D eigenvalue weighted by Gasteiger charge is 2.19. The monoisotopic (exact) mass is 220 g/mol. The van der Waals surface area contributed by atoms with Crippen LogP contribution in [0.25, 0.3) is 4.85 Å². The summed E-state index contributed by atoms with van der Waals surface area (Å²) in [6.07, 6.45) is 0.193. The quantitative estimate of drug-likeness (QED) is 0.793. The Kier molecular flexibility index (Phi) is 4.34. The third-order valence-electron chi connectivity index (χ3n) is 2.18. The molecule has 0 radical (unpaired) electrons. The van der Waals surface area contributed by atoms with Gasteiger partial charge < -0.3 is 9.84 Å². The third kappa shape index (κ3) is 3.28. The summed E-state index contributed by atoms with van der Waals surface area (Å²) in [4.78, 5) is 15.0. The number of carbonyl (C=O) groups excluding carboxylic acids is 1. The lowest BCUT2D eigenvalue weighted by Crippen LogP contribution is -2.07. The topological polar surface area (TPSA) is 50.9 Å². The van der Waals surface area contributed by atoms with Crippen LogP contribution in [0.15, 0.2) is 24.3 Å². The summed E-state index contributed by atoms with van der Waals surface area (Å²) in [6, 6.07) is 9.43. The van der Waals surface area contributed by atoms with Crippen molar-refractivity contribution < 1.29 is 14.6 Å². The molecule has 1 aromatic rings. The Labute approximate surface area is 94.3 Å². The number of esters is 1. The number of hydrogen-bond donors (Lipinski definition) is 1. The molecule has 0 aliphatic heterocycles. The molecule has 1 aromatic carbocycles. The smallest absolute Gasteiger partial charge is 0.307 e. The minimum Gasteiger partial charge on any atom is -0.508 e. The van der Waals surface area contributed by atoms with E-state index in [4.69, 9.17) is 5.11 Å². The van der Waals surface area contributed by atoms with Crippen LogP contribution in [-0.4, -0.2) is 25.2 Å². The van der Waals surface area contributed by atoms with Crippen molar-refractivity contribution in [1.82, 2.24) is 0 Å². The predicted octanol–water partition coefficient (Wildman–Crippen LogP) is 2.00. The maximum absolute atomic E-state index is 11.2. The van der Waals surface area contributed by atoms with E-state index < -0.39 is 0 Å². The normalized spacial score (nSPS) is 11.1. The number of aromatic hydroxyl groups is 1. The van der Waals surface area contributed by atoms with Gasteiger partial charge in [0.2, 0.25) is 0 Å². The number of nitrogens with zero attached hydrogens (tertiary/aromatic N) is 1. The number of carbonyl (C=O) groups is 1. The maximum atomic E-state index is 11.2. The molecule has 0 fully saturated rings. The fourth-order valence-corrected chi connectivity index (χ4v) is 1.35. The van der Waals surface area contributed by atoms with Crippen molar-refractivity contribution in [3.63, 3.8) is 0 Å². The van der Waals surface area contributed by atoms with Gasteiger partial charge in [-0.2, -0.15) is 0 Å². The van der Waals surface area contributed by atoms with Crippen molar-refractivity contribution >= 4 is 5.97 Å². The van der Waals surface area contributed by atoms with Crippen molar-refractivity contribution in [2.45, 2.75) is 12.3 Å². The molecule has 0 heterocycles. The van der Waals surface area contributed by atoms with Crippen LogP contribution >= 0.6 is 0 Å². The molecule has 0 bridgehead atoms. The van der Waals surface area contributed by atoms with Crippen LogP contribution in [0, 0.1) is 6.07 Å². The Bertz CT molecular complexity index is 414.